The molecule has 25 nitrogen and oxygen atoms in total. The normalized spacial score (nSPS) is 24.0. The Labute approximate surface area is 646 Å². The average Bonchev–Trinajstić information content (AvgIpc) is 0.831. The Morgan fingerprint density at radius 3 is 1.58 bits per heavy atom. The van der Waals surface area contributed by atoms with E-state index in [0.29, 0.717) is 30.6 Å². The number of likely N-dealkylation sites (tertiary alicyclic amines) is 1. The third-order valence-electron chi connectivity index (χ3n) is 22.4. The summed E-state index contributed by atoms with van der Waals surface area (Å²) in [6.07, 6.45) is -1.02. The number of aliphatic hydroxyl groups excluding tert-OH is 1. The second kappa shape index (κ2) is 42.3. The van der Waals surface area contributed by atoms with Gasteiger partial charge in [-0.05, 0) is 93.2 Å². The van der Waals surface area contributed by atoms with Crippen LogP contribution < -0.4 is 10.6 Å². The molecule has 5 rings (SSSR count). The molecule has 109 heavy (non-hydrogen) atoms. The molecule has 2 aliphatic rings. The summed E-state index contributed by atoms with van der Waals surface area (Å²) in [5, 5.41) is 16.9. The lowest BCUT2D eigenvalue weighted by Crippen LogP contribution is -2.58. The number of rotatable bonds is 21. The van der Waals surface area contributed by atoms with Crippen LogP contribution in [0, 0.1) is 47.3 Å². The molecule has 0 radical (unpaired) electrons. The van der Waals surface area contributed by atoms with Crippen molar-refractivity contribution < 1.29 is 72.2 Å². The highest BCUT2D eigenvalue weighted by Crippen LogP contribution is 2.29. The average molecular weight is 1510 g/mol. The van der Waals surface area contributed by atoms with Crippen molar-refractivity contribution in [2.45, 2.75) is 221 Å². The summed E-state index contributed by atoms with van der Waals surface area (Å²) in [7, 11) is 9.77. The van der Waals surface area contributed by atoms with Crippen LogP contribution in [0.4, 0.5) is 0 Å². The molecule has 14 atom stereocenters. The van der Waals surface area contributed by atoms with E-state index in [1.807, 2.05) is 44.2 Å². The largest absolute Gasteiger partial charge is 0.393 e. The van der Waals surface area contributed by atoms with Gasteiger partial charge in [0.1, 0.15) is 36.0 Å². The molecule has 25 heteroatoms. The van der Waals surface area contributed by atoms with Crippen LogP contribution in [-0.4, -0.2) is 250 Å². The van der Waals surface area contributed by atoms with Gasteiger partial charge < -0.3 is 54.9 Å². The number of likely N-dealkylation sites (N-methyl/N-ethyl adjacent to an activating group) is 7. The van der Waals surface area contributed by atoms with Gasteiger partial charge in [0.25, 0.3) is 0 Å². The summed E-state index contributed by atoms with van der Waals surface area (Å²) in [6, 6.07) is 16.1. The second-order valence-corrected chi connectivity index (χ2v) is 31.8. The van der Waals surface area contributed by atoms with E-state index >= 15 is 33.6 Å². The van der Waals surface area contributed by atoms with Crippen LogP contribution in [0.2, 0.25) is 0 Å². The van der Waals surface area contributed by atoms with Crippen LogP contribution in [0.25, 0.3) is 0 Å². The fourth-order valence-electron chi connectivity index (χ4n) is 14.7. The van der Waals surface area contributed by atoms with E-state index in [0.717, 1.165) is 39.5 Å². The van der Waals surface area contributed by atoms with Crippen molar-refractivity contribution in [3.63, 3.8) is 0 Å². The topological polar surface area (TPSA) is 309 Å². The molecule has 2 saturated heterocycles. The Morgan fingerprint density at radius 2 is 1.06 bits per heavy atom. The fourth-order valence-corrected chi connectivity index (χ4v) is 14.7. The number of piperidine rings is 1. The number of amides is 10. The molecule has 0 spiro atoms. The Bertz CT molecular complexity index is 3620. The van der Waals surface area contributed by atoms with Crippen molar-refractivity contribution in [3.05, 3.63) is 108 Å². The molecule has 2 heterocycles. The molecule has 3 aromatic carbocycles. The SMILES string of the molecule is CC[C@H](C)[C@@H]1CC(=O)[C@H](C)N(C)C(=O)[C@H](CC(C)C)N(C)C(=O)[C@H](Cc2ccccc2)NC(=O)[C@H]([C@@H](C)O)CC(=O)[C@H](C(C)C)N(C)C(=O)[C@H](C)N(C)C(=O)CN(C)C(=O)[C@@H](C(C)C)CC(=O)C[C@@H](C(=O)N(C)C(Cc2ccccc2)C(=O)N(C)[C@@H](Cc2ccccc2)C(=O)C[C@@H](C)C(=O)N2CCCCC2)NC1=O. The minimum atomic E-state index is -1.77. The summed E-state index contributed by atoms with van der Waals surface area (Å²) in [4.78, 5) is 219. The number of hydrogen-bond acceptors (Lipinski definition) is 15. The molecule has 0 saturated carbocycles. The van der Waals surface area contributed by atoms with E-state index < -0.39 is 199 Å². The van der Waals surface area contributed by atoms with Gasteiger partial charge in [-0.15, -0.1) is 0 Å². The van der Waals surface area contributed by atoms with Gasteiger partial charge in [-0.3, -0.25) is 67.1 Å². The molecule has 1 unspecified atom stereocenters. The number of hydrogen-bond donors (Lipinski definition) is 3. The molecule has 0 aromatic heterocycles. The maximum Gasteiger partial charge on any atom is 0.246 e. The van der Waals surface area contributed by atoms with E-state index in [9.17, 15) is 38.7 Å². The first-order valence-corrected chi connectivity index (χ1v) is 38.9. The predicted molar refractivity (Wildman–Crippen MR) is 416 cm³/mol. The zero-order valence-corrected chi connectivity index (χ0v) is 68.0. The van der Waals surface area contributed by atoms with Crippen LogP contribution in [-0.2, 0) is 86.4 Å². The Balaban J connectivity index is 1.66. The van der Waals surface area contributed by atoms with Gasteiger partial charge in [0.15, 0.2) is 17.3 Å². The number of nitrogens with zero attached hydrogens (tertiary/aromatic N) is 8. The summed E-state index contributed by atoms with van der Waals surface area (Å²) in [5.74, 6) is -15.5. The van der Waals surface area contributed by atoms with Gasteiger partial charge in [0.05, 0.1) is 36.7 Å². The van der Waals surface area contributed by atoms with Crippen molar-refractivity contribution in [2.24, 2.45) is 47.3 Å². The first-order valence-electron chi connectivity index (χ1n) is 38.9. The zero-order valence-electron chi connectivity index (χ0n) is 68.0. The maximum atomic E-state index is 15.9. The molecular formula is C84H124N10O15. The van der Waals surface area contributed by atoms with Crippen molar-refractivity contribution in [3.8, 4) is 0 Å². The number of nitrogens with one attached hydrogen (secondary N) is 2. The Morgan fingerprint density at radius 1 is 0.541 bits per heavy atom. The van der Waals surface area contributed by atoms with Gasteiger partial charge in [-0.1, -0.05) is 160 Å². The van der Waals surface area contributed by atoms with E-state index in [1.54, 1.807) is 114 Å². The third-order valence-corrected chi connectivity index (χ3v) is 22.4. The predicted octanol–water partition coefficient (Wildman–Crippen LogP) is 6.67. The molecule has 2 fully saturated rings. The lowest BCUT2D eigenvalue weighted by atomic mass is 9.84. The number of carbonyl (C=O) groups excluding carboxylic acids is 14. The molecule has 3 N–H and O–H groups in total. The lowest BCUT2D eigenvalue weighted by molar-refractivity contribution is -0.150. The van der Waals surface area contributed by atoms with Crippen molar-refractivity contribution in [2.75, 3.05) is 69.0 Å². The monoisotopic (exact) mass is 1510 g/mol. The Hall–Kier alpha value is -9.00. The van der Waals surface area contributed by atoms with Crippen molar-refractivity contribution >= 4 is 82.2 Å². The molecule has 2 aliphatic heterocycles. The van der Waals surface area contributed by atoms with E-state index in [-0.39, 0.29) is 49.7 Å². The Kier molecular flexibility index (Phi) is 35.1. The van der Waals surface area contributed by atoms with Gasteiger partial charge >= 0.3 is 0 Å². The van der Waals surface area contributed by atoms with Gasteiger partial charge in [0.2, 0.25) is 59.1 Å². The smallest absolute Gasteiger partial charge is 0.246 e. The summed E-state index contributed by atoms with van der Waals surface area (Å²) >= 11 is 0. The number of carbonyl (C=O) groups is 14. The van der Waals surface area contributed by atoms with Crippen LogP contribution in [0.15, 0.2) is 91.0 Å². The lowest BCUT2D eigenvalue weighted by Gasteiger charge is -2.37. The van der Waals surface area contributed by atoms with Crippen LogP contribution in [0.1, 0.15) is 164 Å². The highest BCUT2D eigenvalue weighted by atomic mass is 16.3. The number of aliphatic hydroxyl groups is 1. The standard InChI is InChI=1S/C84H124N10O15/c1-20-54(8)64-48-71(97)56(10)89(15)83(108)69(41-51(2)3)91(17)81(106)66(43-59-33-25-21-26-34-59)85-77(102)65(58(12)95)49-73(99)75(53(6)7)93(19)79(104)57(11)88(14)74(100)50-87(13)80(105)63(52(4)5)46-62(96)47-67(86-76(64)101)82(107)92(18)70(45-61-37-29-23-30-38-61)84(109)90(16)68(44-60-35-27-22-28-36-60)72(98)42-55(9)78(103)94-39-31-24-32-40-94/h21-23,25-30,33-38,51-58,63-70,75,95H,20,24,31-32,39-50H2,1-19H3,(H,85,102)(H,86,101)/t54-,55+,56-,57-,58+,63+,64-,65-,66-,67-,68-,69-,70?,75-/m0/s1. The summed E-state index contributed by atoms with van der Waals surface area (Å²) < 4.78 is 0. The summed E-state index contributed by atoms with van der Waals surface area (Å²) in [6.45, 7) is 20.6. The quantitative estimate of drug-likeness (QED) is 0.100. The van der Waals surface area contributed by atoms with Crippen molar-refractivity contribution in [1.82, 2.24) is 49.8 Å². The van der Waals surface area contributed by atoms with E-state index in [1.165, 1.54) is 89.7 Å². The van der Waals surface area contributed by atoms with E-state index in [2.05, 4.69) is 10.6 Å². The number of benzene rings is 3. The molecule has 10 amide bonds. The van der Waals surface area contributed by atoms with Crippen molar-refractivity contribution in [1.29, 1.82) is 0 Å². The highest BCUT2D eigenvalue weighted by Gasteiger charge is 2.45. The van der Waals surface area contributed by atoms with Gasteiger partial charge in [-0.25, -0.2) is 0 Å². The molecule has 3 aromatic rings. The molecular weight excluding hydrogens is 1390 g/mol. The fraction of sp³-hybridized carbons (Fsp3) is 0.619. The molecule has 0 aliphatic carbocycles. The van der Waals surface area contributed by atoms with Gasteiger partial charge in [0, 0.05) is 125 Å². The second-order valence-electron chi connectivity index (χ2n) is 31.8. The zero-order chi connectivity index (χ0) is 81.6. The van der Waals surface area contributed by atoms with Crippen LogP contribution in [0.3, 0.4) is 0 Å². The minimum absolute atomic E-state index is 0.0558. The van der Waals surface area contributed by atoms with Crippen LogP contribution >= 0.6 is 0 Å². The van der Waals surface area contributed by atoms with Crippen LogP contribution in [0.5, 0.6) is 0 Å². The number of Topliss-reactive ketones (excluding diaryl/α,β-unsaturated/α-hetero) is 4. The third kappa shape index (κ3) is 25.0. The molecule has 0 bridgehead atoms. The minimum Gasteiger partial charge on any atom is -0.393 e. The van der Waals surface area contributed by atoms with E-state index in [4.69, 9.17) is 0 Å². The summed E-state index contributed by atoms with van der Waals surface area (Å²) in [5.41, 5.74) is 1.95. The maximum absolute atomic E-state index is 15.9. The molecule has 600 valence electrons. The van der Waals surface area contributed by atoms with Gasteiger partial charge in [-0.2, -0.15) is 0 Å². The first kappa shape index (κ1) is 90.6. The number of ketones is 4. The highest BCUT2D eigenvalue weighted by molar-refractivity contribution is 6.01. The first-order chi connectivity index (χ1) is 51.2.